The van der Waals surface area contributed by atoms with Gasteiger partial charge in [-0.2, -0.15) is 4.98 Å². The van der Waals surface area contributed by atoms with Crippen LogP contribution in [0.4, 0.5) is 10.5 Å². The molecule has 0 bridgehead atoms. The van der Waals surface area contributed by atoms with Crippen LogP contribution < -0.4 is 10.1 Å². The van der Waals surface area contributed by atoms with E-state index in [0.717, 1.165) is 18.4 Å². The zero-order chi connectivity index (χ0) is 18.6. The second kappa shape index (κ2) is 7.49. The third-order valence-electron chi connectivity index (χ3n) is 4.62. The summed E-state index contributed by atoms with van der Waals surface area (Å²) >= 11 is 0. The van der Waals surface area contributed by atoms with Gasteiger partial charge in [0, 0.05) is 12.1 Å². The van der Waals surface area contributed by atoms with Crippen molar-refractivity contribution in [2.24, 2.45) is 0 Å². The highest BCUT2D eigenvalue weighted by atomic mass is 16.5. The number of aromatic nitrogens is 2. The lowest BCUT2D eigenvalue weighted by molar-refractivity contribution is 0.193. The van der Waals surface area contributed by atoms with Crippen molar-refractivity contribution >= 4 is 11.7 Å². The molecule has 1 aromatic heterocycles. The fourth-order valence-electron chi connectivity index (χ4n) is 3.28. The van der Waals surface area contributed by atoms with Crippen LogP contribution in [0.15, 0.2) is 59.1 Å². The Bertz CT molecular complexity index is 926. The molecule has 0 saturated carbocycles. The van der Waals surface area contributed by atoms with Gasteiger partial charge in [-0.3, -0.25) is 0 Å². The normalized spacial score (nSPS) is 16.3. The minimum Gasteiger partial charge on any atom is -0.495 e. The highest BCUT2D eigenvalue weighted by molar-refractivity contribution is 5.91. The van der Waals surface area contributed by atoms with Crippen molar-refractivity contribution in [2.75, 3.05) is 19.0 Å². The smallest absolute Gasteiger partial charge is 0.322 e. The van der Waals surface area contributed by atoms with Gasteiger partial charge in [-0.05, 0) is 25.0 Å². The summed E-state index contributed by atoms with van der Waals surface area (Å²) in [6.45, 7) is 0.634. The van der Waals surface area contributed by atoms with Crippen molar-refractivity contribution in [2.45, 2.75) is 18.9 Å². The molecule has 2 heterocycles. The van der Waals surface area contributed by atoms with E-state index < -0.39 is 0 Å². The molecule has 1 unspecified atom stereocenters. The van der Waals surface area contributed by atoms with Gasteiger partial charge in [0.2, 0.25) is 11.7 Å². The number of urea groups is 1. The number of likely N-dealkylation sites (tertiary alicyclic amines) is 1. The zero-order valence-electron chi connectivity index (χ0n) is 15.0. The third kappa shape index (κ3) is 3.48. The predicted molar refractivity (Wildman–Crippen MR) is 100 cm³/mol. The van der Waals surface area contributed by atoms with E-state index in [1.54, 1.807) is 18.1 Å². The second-order valence-corrected chi connectivity index (χ2v) is 6.30. The van der Waals surface area contributed by atoms with Gasteiger partial charge in [0.1, 0.15) is 11.8 Å². The maximum absolute atomic E-state index is 12.8. The topological polar surface area (TPSA) is 80.5 Å². The molecule has 0 radical (unpaired) electrons. The first kappa shape index (κ1) is 17.1. The molecule has 1 fully saturated rings. The Morgan fingerprint density at radius 1 is 1.19 bits per heavy atom. The van der Waals surface area contributed by atoms with Gasteiger partial charge < -0.3 is 19.5 Å². The molecular weight excluding hydrogens is 344 g/mol. The number of nitrogens with one attached hydrogen (secondary N) is 1. The average molecular weight is 364 g/mol. The molecule has 138 valence electrons. The average Bonchev–Trinajstić information content (AvgIpc) is 3.38. The maximum atomic E-state index is 12.8. The summed E-state index contributed by atoms with van der Waals surface area (Å²) in [6, 6.07) is 16.5. The molecule has 4 rings (SSSR count). The number of nitrogens with zero attached hydrogens (tertiary/aromatic N) is 3. The fraction of sp³-hybridized carbons (Fsp3) is 0.250. The third-order valence-corrected chi connectivity index (χ3v) is 4.62. The van der Waals surface area contributed by atoms with Gasteiger partial charge in [0.15, 0.2) is 0 Å². The monoisotopic (exact) mass is 364 g/mol. The van der Waals surface area contributed by atoms with Crippen LogP contribution in [0.2, 0.25) is 0 Å². The van der Waals surface area contributed by atoms with Crippen LogP contribution in [0.5, 0.6) is 5.75 Å². The maximum Gasteiger partial charge on any atom is 0.322 e. The van der Waals surface area contributed by atoms with E-state index in [1.807, 2.05) is 48.5 Å². The van der Waals surface area contributed by atoms with Crippen LogP contribution in [0.3, 0.4) is 0 Å². The van der Waals surface area contributed by atoms with Gasteiger partial charge >= 0.3 is 6.03 Å². The summed E-state index contributed by atoms with van der Waals surface area (Å²) in [6.07, 6.45) is 1.67. The largest absolute Gasteiger partial charge is 0.495 e. The molecule has 1 N–H and O–H groups in total. The van der Waals surface area contributed by atoms with Crippen molar-refractivity contribution in [3.8, 4) is 17.1 Å². The van der Waals surface area contributed by atoms with Crippen LogP contribution in [0.1, 0.15) is 24.8 Å². The molecule has 1 aliphatic heterocycles. The standard InChI is InChI=1S/C20H20N4O3/c1-26-17-12-6-5-10-15(17)21-20(25)24-13-7-11-16(24)19-22-18(23-27-19)14-8-3-2-4-9-14/h2-6,8-10,12,16H,7,11,13H2,1H3,(H,21,25). The molecule has 3 aromatic rings. The lowest BCUT2D eigenvalue weighted by atomic mass is 10.2. The van der Waals surface area contributed by atoms with Crippen molar-refractivity contribution in [1.82, 2.24) is 15.0 Å². The molecule has 7 nitrogen and oxygen atoms in total. The van der Waals surface area contributed by atoms with E-state index in [1.165, 1.54) is 0 Å². The SMILES string of the molecule is COc1ccccc1NC(=O)N1CCCC1c1nc(-c2ccccc2)no1. The van der Waals surface area contributed by atoms with E-state index in [9.17, 15) is 4.79 Å². The first-order valence-corrected chi connectivity index (χ1v) is 8.86. The van der Waals surface area contributed by atoms with Gasteiger partial charge in [0.25, 0.3) is 0 Å². The van der Waals surface area contributed by atoms with E-state index in [0.29, 0.717) is 29.7 Å². The van der Waals surface area contributed by atoms with Gasteiger partial charge in [-0.15, -0.1) is 0 Å². The summed E-state index contributed by atoms with van der Waals surface area (Å²) in [5.41, 5.74) is 1.52. The number of anilines is 1. The predicted octanol–water partition coefficient (Wildman–Crippen LogP) is 4.11. The number of benzene rings is 2. The number of carbonyl (C=O) groups is 1. The highest BCUT2D eigenvalue weighted by Crippen LogP contribution is 2.33. The molecule has 7 heteroatoms. The van der Waals surface area contributed by atoms with Crippen LogP contribution in [0, 0.1) is 0 Å². The second-order valence-electron chi connectivity index (χ2n) is 6.30. The molecule has 1 atom stereocenters. The Labute approximate surface area is 156 Å². The number of para-hydroxylation sites is 2. The summed E-state index contributed by atoms with van der Waals surface area (Å²) in [5, 5.41) is 6.99. The number of methoxy groups -OCH3 is 1. The number of rotatable bonds is 4. The van der Waals surface area contributed by atoms with Crippen LogP contribution in [0.25, 0.3) is 11.4 Å². The number of hydrogen-bond acceptors (Lipinski definition) is 5. The number of hydrogen-bond donors (Lipinski definition) is 1. The Kier molecular flexibility index (Phi) is 4.74. The first-order chi connectivity index (χ1) is 13.3. The van der Waals surface area contributed by atoms with Crippen molar-refractivity contribution in [3.63, 3.8) is 0 Å². The van der Waals surface area contributed by atoms with Gasteiger partial charge in [-0.25, -0.2) is 4.79 Å². The van der Waals surface area contributed by atoms with E-state index in [2.05, 4.69) is 15.5 Å². The highest BCUT2D eigenvalue weighted by Gasteiger charge is 2.34. The Morgan fingerprint density at radius 3 is 2.78 bits per heavy atom. The van der Waals surface area contributed by atoms with E-state index >= 15 is 0 Å². The summed E-state index contributed by atoms with van der Waals surface area (Å²) in [4.78, 5) is 19.1. The molecule has 2 amide bonds. The fourth-order valence-corrected chi connectivity index (χ4v) is 3.28. The summed E-state index contributed by atoms with van der Waals surface area (Å²) in [5.74, 6) is 1.61. The molecule has 2 aromatic carbocycles. The Morgan fingerprint density at radius 2 is 1.96 bits per heavy atom. The number of amides is 2. The van der Waals surface area contributed by atoms with Crippen LogP contribution in [-0.4, -0.2) is 34.7 Å². The minimum absolute atomic E-state index is 0.207. The zero-order valence-corrected chi connectivity index (χ0v) is 15.0. The Hall–Kier alpha value is -3.35. The Balaban J connectivity index is 1.52. The first-order valence-electron chi connectivity index (χ1n) is 8.86. The van der Waals surface area contributed by atoms with Gasteiger partial charge in [0.05, 0.1) is 12.8 Å². The molecular formula is C20H20N4O3. The molecule has 0 spiro atoms. The molecule has 1 saturated heterocycles. The number of carbonyl (C=O) groups excluding carboxylic acids is 1. The molecule has 1 aliphatic rings. The number of ether oxygens (including phenoxy) is 1. The molecule has 27 heavy (non-hydrogen) atoms. The van der Waals surface area contributed by atoms with Crippen molar-refractivity contribution in [1.29, 1.82) is 0 Å². The van der Waals surface area contributed by atoms with Crippen LogP contribution in [-0.2, 0) is 0 Å². The van der Waals surface area contributed by atoms with Crippen molar-refractivity contribution < 1.29 is 14.1 Å². The lowest BCUT2D eigenvalue weighted by Gasteiger charge is -2.22. The van der Waals surface area contributed by atoms with Gasteiger partial charge in [-0.1, -0.05) is 47.6 Å². The molecule has 0 aliphatic carbocycles. The van der Waals surface area contributed by atoms with Crippen LogP contribution >= 0.6 is 0 Å². The van der Waals surface area contributed by atoms with E-state index in [-0.39, 0.29) is 12.1 Å². The summed E-state index contributed by atoms with van der Waals surface area (Å²) < 4.78 is 10.8. The van der Waals surface area contributed by atoms with Crippen molar-refractivity contribution in [3.05, 3.63) is 60.5 Å². The quantitative estimate of drug-likeness (QED) is 0.753. The lowest BCUT2D eigenvalue weighted by Crippen LogP contribution is -2.34. The summed E-state index contributed by atoms with van der Waals surface area (Å²) in [7, 11) is 1.58. The van der Waals surface area contributed by atoms with E-state index in [4.69, 9.17) is 9.26 Å². The minimum atomic E-state index is -0.232.